The van der Waals surface area contributed by atoms with Crippen molar-refractivity contribution in [1.29, 1.82) is 0 Å². The van der Waals surface area contributed by atoms with Crippen LogP contribution in [-0.2, 0) is 0 Å². The Bertz CT molecular complexity index is 370. The highest BCUT2D eigenvalue weighted by molar-refractivity contribution is 6.02. The Balaban J connectivity index is 2.61. The molecule has 1 heterocycles. The number of halogens is 1. The van der Waals surface area contributed by atoms with Crippen molar-refractivity contribution < 1.29 is 18.7 Å². The van der Waals surface area contributed by atoms with E-state index in [0.717, 1.165) is 0 Å². The zero-order chi connectivity index (χ0) is 10.1. The topological polar surface area (TPSA) is 35.5 Å². The van der Waals surface area contributed by atoms with Gasteiger partial charge < -0.3 is 9.47 Å². The van der Waals surface area contributed by atoms with E-state index in [1.807, 2.05) is 0 Å². The second-order valence-electron chi connectivity index (χ2n) is 3.00. The molecular weight excluding hydrogens is 187 g/mol. The number of ketones is 1. The highest BCUT2D eigenvalue weighted by Gasteiger charge is 2.23. The first-order valence-electron chi connectivity index (χ1n) is 4.26. The quantitative estimate of drug-likeness (QED) is 0.687. The van der Waals surface area contributed by atoms with Crippen molar-refractivity contribution in [3.05, 3.63) is 23.5 Å². The van der Waals surface area contributed by atoms with Gasteiger partial charge in [0, 0.05) is 18.6 Å². The number of fused-ring (bicyclic) bond motifs is 1. The van der Waals surface area contributed by atoms with Crippen LogP contribution < -0.4 is 9.47 Å². The third kappa shape index (κ3) is 1.32. The minimum Gasteiger partial charge on any atom is -0.496 e. The smallest absolute Gasteiger partial charge is 0.173 e. The lowest BCUT2D eigenvalue weighted by Gasteiger charge is -2.18. The third-order valence-electron chi connectivity index (χ3n) is 2.12. The Hall–Kier alpha value is -1.58. The summed E-state index contributed by atoms with van der Waals surface area (Å²) in [5.41, 5.74) is 0.347. The lowest BCUT2D eigenvalue weighted by atomic mass is 10.0. The van der Waals surface area contributed by atoms with Crippen molar-refractivity contribution in [3.63, 3.8) is 0 Å². The van der Waals surface area contributed by atoms with Gasteiger partial charge in [-0.3, -0.25) is 4.79 Å². The van der Waals surface area contributed by atoms with Gasteiger partial charge in [-0.2, -0.15) is 0 Å². The second kappa shape index (κ2) is 3.29. The maximum Gasteiger partial charge on any atom is 0.173 e. The Kier molecular flexibility index (Phi) is 2.11. The van der Waals surface area contributed by atoms with Gasteiger partial charge in [-0.25, -0.2) is 4.39 Å². The predicted molar refractivity (Wildman–Crippen MR) is 47.4 cm³/mol. The van der Waals surface area contributed by atoms with Crippen molar-refractivity contribution >= 4 is 5.78 Å². The average Bonchev–Trinajstić information content (AvgIpc) is 2.16. The summed E-state index contributed by atoms with van der Waals surface area (Å²) in [4.78, 5) is 11.5. The Morgan fingerprint density at radius 3 is 3.00 bits per heavy atom. The SMILES string of the molecule is COc1cc(F)cc2c1C(=O)CCO2. The van der Waals surface area contributed by atoms with E-state index in [-0.39, 0.29) is 17.3 Å². The van der Waals surface area contributed by atoms with Crippen LogP contribution in [0.25, 0.3) is 0 Å². The van der Waals surface area contributed by atoms with E-state index in [0.29, 0.717) is 18.6 Å². The molecule has 0 spiro atoms. The highest BCUT2D eigenvalue weighted by Crippen LogP contribution is 2.33. The number of carbonyl (C=O) groups excluding carboxylic acids is 1. The number of hydrogen-bond donors (Lipinski definition) is 0. The molecule has 1 aromatic carbocycles. The first-order chi connectivity index (χ1) is 6.72. The fourth-order valence-corrected chi connectivity index (χ4v) is 1.49. The molecule has 0 aromatic heterocycles. The van der Waals surface area contributed by atoms with Gasteiger partial charge in [0.05, 0.1) is 13.7 Å². The first-order valence-corrected chi connectivity index (χ1v) is 4.26. The molecule has 1 aromatic rings. The van der Waals surface area contributed by atoms with Gasteiger partial charge in [0.25, 0.3) is 0 Å². The predicted octanol–water partition coefficient (Wildman–Crippen LogP) is 1.80. The van der Waals surface area contributed by atoms with Crippen molar-refractivity contribution in [1.82, 2.24) is 0 Å². The lowest BCUT2D eigenvalue weighted by Crippen LogP contribution is -2.16. The minimum absolute atomic E-state index is 0.0666. The van der Waals surface area contributed by atoms with E-state index in [4.69, 9.17) is 9.47 Å². The normalized spacial score (nSPS) is 14.6. The number of methoxy groups -OCH3 is 1. The van der Waals surface area contributed by atoms with Crippen LogP contribution in [0.15, 0.2) is 12.1 Å². The molecular formula is C10H9FO3. The maximum absolute atomic E-state index is 13.0. The van der Waals surface area contributed by atoms with E-state index in [2.05, 4.69) is 0 Å². The van der Waals surface area contributed by atoms with Gasteiger partial charge in [0.15, 0.2) is 5.78 Å². The van der Waals surface area contributed by atoms with Crippen LogP contribution in [0, 0.1) is 5.82 Å². The molecule has 0 radical (unpaired) electrons. The summed E-state index contributed by atoms with van der Waals surface area (Å²) in [6.45, 7) is 0.304. The van der Waals surface area contributed by atoms with Gasteiger partial charge in [0.2, 0.25) is 0 Å². The lowest BCUT2D eigenvalue weighted by molar-refractivity contribution is 0.0929. The molecule has 0 saturated carbocycles. The molecule has 0 aliphatic carbocycles. The maximum atomic E-state index is 13.0. The number of carbonyl (C=O) groups is 1. The molecule has 0 amide bonds. The Morgan fingerprint density at radius 1 is 1.50 bits per heavy atom. The van der Waals surface area contributed by atoms with Gasteiger partial charge in [-0.1, -0.05) is 0 Å². The number of ether oxygens (including phenoxy) is 2. The van der Waals surface area contributed by atoms with E-state index < -0.39 is 5.82 Å². The van der Waals surface area contributed by atoms with E-state index >= 15 is 0 Å². The van der Waals surface area contributed by atoms with Crippen LogP contribution in [0.4, 0.5) is 4.39 Å². The number of rotatable bonds is 1. The fourth-order valence-electron chi connectivity index (χ4n) is 1.49. The highest BCUT2D eigenvalue weighted by atomic mass is 19.1. The molecule has 0 saturated heterocycles. The van der Waals surface area contributed by atoms with Crippen LogP contribution in [0.2, 0.25) is 0 Å². The van der Waals surface area contributed by atoms with E-state index in [1.165, 1.54) is 19.2 Å². The molecule has 1 aliphatic rings. The summed E-state index contributed by atoms with van der Waals surface area (Å²) in [6.07, 6.45) is 0.314. The summed E-state index contributed by atoms with van der Waals surface area (Å²) in [5, 5.41) is 0. The Morgan fingerprint density at radius 2 is 2.29 bits per heavy atom. The summed E-state index contributed by atoms with van der Waals surface area (Å²) in [6, 6.07) is 2.39. The second-order valence-corrected chi connectivity index (χ2v) is 3.00. The van der Waals surface area contributed by atoms with Crippen molar-refractivity contribution in [2.75, 3.05) is 13.7 Å². The Labute approximate surface area is 80.4 Å². The third-order valence-corrected chi connectivity index (χ3v) is 2.12. The van der Waals surface area contributed by atoms with Crippen molar-refractivity contribution in [2.45, 2.75) is 6.42 Å². The van der Waals surface area contributed by atoms with Crippen molar-refractivity contribution in [3.8, 4) is 11.5 Å². The first kappa shape index (κ1) is 8.99. The standard InChI is InChI=1S/C10H9FO3/c1-13-8-4-6(11)5-9-10(8)7(12)2-3-14-9/h4-5H,2-3H2,1H3. The molecule has 3 nitrogen and oxygen atoms in total. The summed E-state index contributed by atoms with van der Waals surface area (Å²) in [7, 11) is 1.40. The van der Waals surface area contributed by atoms with Crippen LogP contribution in [-0.4, -0.2) is 19.5 Å². The fraction of sp³-hybridized carbons (Fsp3) is 0.300. The molecule has 0 bridgehead atoms. The van der Waals surface area contributed by atoms with Crippen LogP contribution >= 0.6 is 0 Å². The largest absolute Gasteiger partial charge is 0.496 e. The summed E-state index contributed by atoms with van der Waals surface area (Å²) >= 11 is 0. The van der Waals surface area contributed by atoms with Crippen LogP contribution in [0.3, 0.4) is 0 Å². The zero-order valence-corrected chi connectivity index (χ0v) is 7.67. The molecule has 74 valence electrons. The molecule has 0 atom stereocenters. The average molecular weight is 196 g/mol. The van der Waals surface area contributed by atoms with E-state index in [9.17, 15) is 9.18 Å². The van der Waals surface area contributed by atoms with Gasteiger partial charge in [-0.15, -0.1) is 0 Å². The summed E-state index contributed by atoms with van der Waals surface area (Å²) < 4.78 is 23.1. The summed E-state index contributed by atoms with van der Waals surface area (Å²) in [5.74, 6) is -0.0128. The van der Waals surface area contributed by atoms with Gasteiger partial charge in [0.1, 0.15) is 22.9 Å². The molecule has 2 rings (SSSR count). The van der Waals surface area contributed by atoms with Crippen LogP contribution in [0.5, 0.6) is 11.5 Å². The molecule has 14 heavy (non-hydrogen) atoms. The zero-order valence-electron chi connectivity index (χ0n) is 7.67. The molecule has 0 unspecified atom stereocenters. The number of hydrogen-bond acceptors (Lipinski definition) is 3. The van der Waals surface area contributed by atoms with Crippen molar-refractivity contribution in [2.24, 2.45) is 0 Å². The van der Waals surface area contributed by atoms with Crippen LogP contribution in [0.1, 0.15) is 16.8 Å². The molecule has 0 N–H and O–H groups in total. The van der Waals surface area contributed by atoms with E-state index in [1.54, 1.807) is 0 Å². The molecule has 4 heteroatoms. The molecule has 0 fully saturated rings. The monoisotopic (exact) mass is 196 g/mol. The van der Waals surface area contributed by atoms with Gasteiger partial charge >= 0.3 is 0 Å². The number of benzene rings is 1. The minimum atomic E-state index is -0.463. The molecule has 1 aliphatic heterocycles. The number of Topliss-reactive ketones (excluding diaryl/α,β-unsaturated/α-hetero) is 1. The van der Waals surface area contributed by atoms with Gasteiger partial charge in [-0.05, 0) is 0 Å².